The highest BCUT2D eigenvalue weighted by molar-refractivity contribution is 7.89. The van der Waals surface area contributed by atoms with Crippen LogP contribution in [0.15, 0.2) is 27.6 Å². The lowest BCUT2D eigenvalue weighted by atomic mass is 9.89. The molecule has 0 amide bonds. The Morgan fingerprint density at radius 3 is 2.48 bits per heavy atom. The normalized spacial score (nSPS) is 20.0. The summed E-state index contributed by atoms with van der Waals surface area (Å²) in [4.78, 5) is 4.94. The molecule has 0 radical (unpaired) electrons. The van der Waals surface area contributed by atoms with E-state index in [9.17, 15) is 8.42 Å². The van der Waals surface area contributed by atoms with Crippen LogP contribution in [0.2, 0.25) is 0 Å². The number of hydrogen-bond acceptors (Lipinski definition) is 5. The first kappa shape index (κ1) is 18.6. The summed E-state index contributed by atoms with van der Waals surface area (Å²) in [7, 11) is -3.49. The van der Waals surface area contributed by atoms with Gasteiger partial charge in [-0.25, -0.2) is 8.42 Å². The number of piperidine rings is 1. The lowest BCUT2D eigenvalue weighted by Crippen LogP contribution is -2.35. The molecule has 1 saturated carbocycles. The monoisotopic (exact) mass is 389 g/mol. The minimum absolute atomic E-state index is 0.335. The van der Waals surface area contributed by atoms with Gasteiger partial charge in [0.1, 0.15) is 0 Å². The lowest BCUT2D eigenvalue weighted by Gasteiger charge is -2.26. The van der Waals surface area contributed by atoms with Crippen LogP contribution in [-0.2, 0) is 10.0 Å². The Kier molecular flexibility index (Phi) is 5.32. The molecule has 2 aromatic rings. The fourth-order valence-electron chi connectivity index (χ4n) is 4.13. The topological polar surface area (TPSA) is 76.3 Å². The van der Waals surface area contributed by atoms with Gasteiger partial charge in [0.2, 0.25) is 21.7 Å². The third-order valence-electron chi connectivity index (χ3n) is 5.78. The Bertz CT molecular complexity index is 895. The van der Waals surface area contributed by atoms with E-state index in [1.807, 2.05) is 19.1 Å². The Balaban J connectivity index is 1.63. The van der Waals surface area contributed by atoms with Crippen molar-refractivity contribution in [2.45, 2.75) is 69.1 Å². The fraction of sp³-hybridized carbons (Fsp3) is 0.600. The number of aryl methyl sites for hydroxylation is 1. The molecule has 1 saturated heterocycles. The Hall–Kier alpha value is -1.73. The van der Waals surface area contributed by atoms with E-state index in [1.54, 1.807) is 10.4 Å². The van der Waals surface area contributed by atoms with Crippen LogP contribution < -0.4 is 0 Å². The molecule has 6 nitrogen and oxygen atoms in total. The molecule has 1 aliphatic heterocycles. The van der Waals surface area contributed by atoms with Crippen molar-refractivity contribution in [2.75, 3.05) is 13.1 Å². The zero-order valence-electron chi connectivity index (χ0n) is 15.9. The number of nitrogens with zero attached hydrogens (tertiary/aromatic N) is 3. The molecule has 0 atom stereocenters. The van der Waals surface area contributed by atoms with Gasteiger partial charge in [-0.15, -0.1) is 0 Å². The van der Waals surface area contributed by atoms with Crippen molar-refractivity contribution in [3.63, 3.8) is 0 Å². The van der Waals surface area contributed by atoms with Gasteiger partial charge in [-0.05, 0) is 44.2 Å². The third kappa shape index (κ3) is 3.80. The molecule has 0 unspecified atom stereocenters. The zero-order valence-corrected chi connectivity index (χ0v) is 16.7. The van der Waals surface area contributed by atoms with Gasteiger partial charge in [-0.3, -0.25) is 0 Å². The largest absolute Gasteiger partial charge is 0.339 e. The van der Waals surface area contributed by atoms with E-state index in [4.69, 9.17) is 4.52 Å². The fourth-order valence-corrected chi connectivity index (χ4v) is 5.90. The molecule has 1 aromatic heterocycles. The number of benzene rings is 1. The van der Waals surface area contributed by atoms with Crippen molar-refractivity contribution in [1.29, 1.82) is 0 Å². The van der Waals surface area contributed by atoms with Crippen LogP contribution >= 0.6 is 0 Å². The smallest absolute Gasteiger partial charge is 0.243 e. The van der Waals surface area contributed by atoms with E-state index < -0.39 is 10.0 Å². The summed E-state index contributed by atoms with van der Waals surface area (Å²) >= 11 is 0. The van der Waals surface area contributed by atoms with Crippen LogP contribution in [0.25, 0.3) is 11.4 Å². The number of hydrogen-bond donors (Lipinski definition) is 0. The quantitative estimate of drug-likeness (QED) is 0.780. The molecule has 0 N–H and O–H groups in total. The molecule has 1 aromatic carbocycles. The molecular weight excluding hydrogens is 362 g/mol. The van der Waals surface area contributed by atoms with Crippen LogP contribution in [0.1, 0.15) is 68.7 Å². The summed E-state index contributed by atoms with van der Waals surface area (Å²) in [6.45, 7) is 3.03. The van der Waals surface area contributed by atoms with Crippen molar-refractivity contribution in [1.82, 2.24) is 14.4 Å². The Labute approximate surface area is 161 Å². The SMILES string of the molecule is Cc1ccc(-c2noc(C3CCCCC3)n2)cc1S(=O)(=O)N1CCCCC1. The van der Waals surface area contributed by atoms with Crippen molar-refractivity contribution in [2.24, 2.45) is 0 Å². The highest BCUT2D eigenvalue weighted by atomic mass is 32.2. The van der Waals surface area contributed by atoms with Gasteiger partial charge < -0.3 is 4.52 Å². The molecule has 2 aliphatic rings. The van der Waals surface area contributed by atoms with E-state index in [1.165, 1.54) is 19.3 Å². The van der Waals surface area contributed by atoms with E-state index in [0.717, 1.165) is 37.7 Å². The second-order valence-corrected chi connectivity index (χ2v) is 9.64. The van der Waals surface area contributed by atoms with Crippen molar-refractivity contribution in [3.8, 4) is 11.4 Å². The maximum atomic E-state index is 13.1. The van der Waals surface area contributed by atoms with Crippen LogP contribution in [0.5, 0.6) is 0 Å². The van der Waals surface area contributed by atoms with Gasteiger partial charge in [-0.2, -0.15) is 9.29 Å². The van der Waals surface area contributed by atoms with Crippen molar-refractivity contribution >= 4 is 10.0 Å². The molecule has 4 rings (SSSR count). The molecule has 7 heteroatoms. The van der Waals surface area contributed by atoms with Crippen LogP contribution in [0.4, 0.5) is 0 Å². The minimum Gasteiger partial charge on any atom is -0.339 e. The second kappa shape index (κ2) is 7.72. The zero-order chi connectivity index (χ0) is 18.9. The third-order valence-corrected chi connectivity index (χ3v) is 7.82. The van der Waals surface area contributed by atoms with Gasteiger partial charge in [0, 0.05) is 24.6 Å². The van der Waals surface area contributed by atoms with Gasteiger partial charge in [0.25, 0.3) is 0 Å². The molecule has 0 spiro atoms. The minimum atomic E-state index is -3.49. The standard InChI is InChI=1S/C20H27N3O3S/c1-15-10-11-17(14-18(15)27(24,25)23-12-6-3-7-13-23)19-21-20(26-22-19)16-8-4-2-5-9-16/h10-11,14,16H,2-9,12-13H2,1H3. The number of sulfonamides is 1. The maximum absolute atomic E-state index is 13.1. The van der Waals surface area contributed by atoms with E-state index in [2.05, 4.69) is 10.1 Å². The van der Waals surface area contributed by atoms with Crippen LogP contribution in [0, 0.1) is 6.92 Å². The lowest BCUT2D eigenvalue weighted by molar-refractivity contribution is 0.314. The molecule has 2 fully saturated rings. The summed E-state index contributed by atoms with van der Waals surface area (Å²) in [6, 6.07) is 5.41. The Morgan fingerprint density at radius 2 is 1.74 bits per heavy atom. The van der Waals surface area contributed by atoms with Crippen LogP contribution in [0.3, 0.4) is 0 Å². The molecule has 1 aliphatic carbocycles. The first-order valence-corrected chi connectivity index (χ1v) is 11.4. The first-order valence-electron chi connectivity index (χ1n) is 10.0. The highest BCUT2D eigenvalue weighted by Crippen LogP contribution is 2.33. The predicted octanol–water partition coefficient (Wildman–Crippen LogP) is 4.27. The predicted molar refractivity (Wildman–Crippen MR) is 103 cm³/mol. The maximum Gasteiger partial charge on any atom is 0.243 e. The molecule has 2 heterocycles. The molecule has 27 heavy (non-hydrogen) atoms. The number of rotatable bonds is 4. The average Bonchev–Trinajstić information content (AvgIpc) is 3.20. The Morgan fingerprint density at radius 1 is 1.04 bits per heavy atom. The summed E-state index contributed by atoms with van der Waals surface area (Å²) in [5.74, 6) is 1.50. The van der Waals surface area contributed by atoms with Crippen molar-refractivity contribution < 1.29 is 12.9 Å². The van der Waals surface area contributed by atoms with E-state index in [-0.39, 0.29) is 0 Å². The molecule has 146 valence electrons. The van der Waals surface area contributed by atoms with E-state index >= 15 is 0 Å². The van der Waals surface area contributed by atoms with E-state index in [0.29, 0.717) is 41.2 Å². The second-order valence-electron chi connectivity index (χ2n) is 7.74. The van der Waals surface area contributed by atoms with Gasteiger partial charge in [-0.1, -0.05) is 43.0 Å². The van der Waals surface area contributed by atoms with Gasteiger partial charge in [0.05, 0.1) is 4.90 Å². The van der Waals surface area contributed by atoms with Crippen LogP contribution in [-0.4, -0.2) is 36.0 Å². The van der Waals surface area contributed by atoms with Gasteiger partial charge in [0.15, 0.2) is 0 Å². The highest BCUT2D eigenvalue weighted by Gasteiger charge is 2.28. The first-order chi connectivity index (χ1) is 13.1. The van der Waals surface area contributed by atoms with Crippen molar-refractivity contribution in [3.05, 3.63) is 29.7 Å². The summed E-state index contributed by atoms with van der Waals surface area (Å²) in [5.41, 5.74) is 1.45. The molecule has 0 bridgehead atoms. The molecular formula is C20H27N3O3S. The number of aromatic nitrogens is 2. The average molecular weight is 390 g/mol. The summed E-state index contributed by atoms with van der Waals surface area (Å²) < 4.78 is 33.3. The summed E-state index contributed by atoms with van der Waals surface area (Å²) in [5, 5.41) is 4.13. The summed E-state index contributed by atoms with van der Waals surface area (Å²) in [6.07, 6.45) is 8.79. The van der Waals surface area contributed by atoms with Gasteiger partial charge >= 0.3 is 0 Å².